The number of hydrogen-bond donors (Lipinski definition) is 1. The SMILES string of the molecule is CO[C@@H]1C[C@]2(C)C(=O)OC3C2[C@](C)(C1)c1cc(=O)oc(C(C)C)c1[C@H]3O. The Morgan fingerprint density at radius 2 is 1.88 bits per heavy atom. The van der Waals surface area contributed by atoms with Gasteiger partial charge in [0.2, 0.25) is 0 Å². The van der Waals surface area contributed by atoms with Crippen LogP contribution in [0.4, 0.5) is 0 Å². The Hall–Kier alpha value is -1.66. The van der Waals surface area contributed by atoms with E-state index in [1.807, 2.05) is 20.8 Å². The number of carbonyl (C=O) groups is 1. The molecule has 0 aromatic carbocycles. The van der Waals surface area contributed by atoms with Crippen LogP contribution in [0.5, 0.6) is 0 Å². The molecule has 2 fully saturated rings. The lowest BCUT2D eigenvalue weighted by Gasteiger charge is -2.54. The minimum atomic E-state index is -0.991. The zero-order valence-electron chi connectivity index (χ0n) is 15.9. The normalized spacial score (nSPS) is 41.0. The smallest absolute Gasteiger partial charge is 0.336 e. The molecule has 4 rings (SSSR count). The minimum Gasteiger partial charge on any atom is -0.458 e. The van der Waals surface area contributed by atoms with E-state index < -0.39 is 28.7 Å². The number of aliphatic hydroxyl groups is 1. The summed E-state index contributed by atoms with van der Waals surface area (Å²) in [5.41, 5.74) is -0.301. The van der Waals surface area contributed by atoms with Crippen LogP contribution in [0.2, 0.25) is 0 Å². The molecule has 2 unspecified atom stereocenters. The van der Waals surface area contributed by atoms with Crippen molar-refractivity contribution in [2.45, 2.75) is 70.2 Å². The highest BCUT2D eigenvalue weighted by Crippen LogP contribution is 2.64. The van der Waals surface area contributed by atoms with Crippen LogP contribution >= 0.6 is 0 Å². The van der Waals surface area contributed by atoms with E-state index in [9.17, 15) is 14.7 Å². The fourth-order valence-electron chi connectivity index (χ4n) is 5.82. The lowest BCUT2D eigenvalue weighted by atomic mass is 9.49. The summed E-state index contributed by atoms with van der Waals surface area (Å²) in [6.45, 7) is 7.80. The summed E-state index contributed by atoms with van der Waals surface area (Å²) >= 11 is 0. The summed E-state index contributed by atoms with van der Waals surface area (Å²) in [5.74, 6) is -0.0995. The highest BCUT2D eigenvalue weighted by molar-refractivity contribution is 5.81. The molecule has 0 amide bonds. The van der Waals surface area contributed by atoms with E-state index in [1.54, 1.807) is 7.11 Å². The van der Waals surface area contributed by atoms with E-state index in [0.717, 1.165) is 5.56 Å². The van der Waals surface area contributed by atoms with E-state index in [1.165, 1.54) is 6.07 Å². The maximum Gasteiger partial charge on any atom is 0.336 e. The second-order valence-electron chi connectivity index (χ2n) is 8.81. The Kier molecular flexibility index (Phi) is 3.70. The fraction of sp³-hybridized carbons (Fsp3) is 0.700. The van der Waals surface area contributed by atoms with E-state index in [4.69, 9.17) is 13.9 Å². The van der Waals surface area contributed by atoms with Gasteiger partial charge in [-0.2, -0.15) is 0 Å². The Balaban J connectivity index is 2.03. The van der Waals surface area contributed by atoms with Crippen molar-refractivity contribution in [1.82, 2.24) is 0 Å². The molecule has 1 aromatic heterocycles. The van der Waals surface area contributed by atoms with Crippen molar-refractivity contribution in [3.05, 3.63) is 33.4 Å². The summed E-state index contributed by atoms with van der Waals surface area (Å²) in [6.07, 6.45) is -0.523. The molecule has 6 nitrogen and oxygen atoms in total. The van der Waals surface area contributed by atoms with Crippen molar-refractivity contribution < 1.29 is 23.8 Å². The Labute approximate surface area is 152 Å². The summed E-state index contributed by atoms with van der Waals surface area (Å²) in [5, 5.41) is 11.1. The van der Waals surface area contributed by atoms with Gasteiger partial charge in [-0.05, 0) is 25.3 Å². The number of hydrogen-bond acceptors (Lipinski definition) is 6. The van der Waals surface area contributed by atoms with Crippen molar-refractivity contribution in [3.63, 3.8) is 0 Å². The van der Waals surface area contributed by atoms with Crippen LogP contribution in [-0.2, 0) is 19.7 Å². The van der Waals surface area contributed by atoms with Gasteiger partial charge in [0.15, 0.2) is 0 Å². The van der Waals surface area contributed by atoms with Crippen LogP contribution in [0.15, 0.2) is 15.3 Å². The molecule has 0 spiro atoms. The van der Waals surface area contributed by atoms with Crippen molar-refractivity contribution >= 4 is 5.97 Å². The maximum atomic E-state index is 12.8. The molecule has 1 saturated carbocycles. The Bertz CT molecular complexity index is 826. The van der Waals surface area contributed by atoms with Crippen molar-refractivity contribution in [3.8, 4) is 0 Å². The number of rotatable bonds is 2. The van der Waals surface area contributed by atoms with Crippen molar-refractivity contribution in [2.24, 2.45) is 11.3 Å². The average molecular weight is 362 g/mol. The average Bonchev–Trinajstić information content (AvgIpc) is 2.84. The molecule has 0 radical (unpaired) electrons. The van der Waals surface area contributed by atoms with Crippen LogP contribution in [0.1, 0.15) is 69.4 Å². The van der Waals surface area contributed by atoms with Gasteiger partial charge in [0, 0.05) is 36.0 Å². The van der Waals surface area contributed by atoms with E-state index in [0.29, 0.717) is 24.2 Å². The largest absolute Gasteiger partial charge is 0.458 e. The zero-order chi connectivity index (χ0) is 19.0. The van der Waals surface area contributed by atoms with E-state index >= 15 is 0 Å². The summed E-state index contributed by atoms with van der Waals surface area (Å²) in [6, 6.07) is 1.49. The third kappa shape index (κ3) is 2.06. The molecule has 2 aliphatic carbocycles. The molecule has 1 aliphatic heterocycles. The number of esters is 1. The van der Waals surface area contributed by atoms with Crippen LogP contribution in [0, 0.1) is 11.3 Å². The molecule has 142 valence electrons. The Morgan fingerprint density at radius 1 is 1.23 bits per heavy atom. The van der Waals surface area contributed by atoms with Gasteiger partial charge in [0.05, 0.1) is 11.5 Å². The first-order valence-electron chi connectivity index (χ1n) is 9.24. The quantitative estimate of drug-likeness (QED) is 0.813. The number of fused-ring (bicyclic) bond motifs is 2. The topological polar surface area (TPSA) is 86.0 Å². The predicted molar refractivity (Wildman–Crippen MR) is 92.9 cm³/mol. The lowest BCUT2D eigenvalue weighted by Crippen LogP contribution is -2.57. The number of methoxy groups -OCH3 is 1. The molecule has 26 heavy (non-hydrogen) atoms. The van der Waals surface area contributed by atoms with Crippen LogP contribution in [0.25, 0.3) is 0 Å². The van der Waals surface area contributed by atoms with E-state index in [2.05, 4.69) is 6.92 Å². The molecule has 1 aromatic rings. The lowest BCUT2D eigenvalue weighted by molar-refractivity contribution is -0.152. The predicted octanol–water partition coefficient (Wildman–Crippen LogP) is 2.42. The van der Waals surface area contributed by atoms with E-state index in [-0.39, 0.29) is 23.9 Å². The number of ether oxygens (including phenoxy) is 2. The van der Waals surface area contributed by atoms with Crippen molar-refractivity contribution in [2.75, 3.05) is 7.11 Å². The van der Waals surface area contributed by atoms with Crippen LogP contribution in [0.3, 0.4) is 0 Å². The standard InChI is InChI=1S/C20H26O6/c1-9(2)15-13-11(6-12(21)25-15)19(3)7-10(24-5)8-20(4)17(19)16(14(13)22)26-18(20)23/h6,9-10,14,16-17,22H,7-8H2,1-5H3/t10-,14+,16?,17?,19+,20-/m0/s1. The van der Waals surface area contributed by atoms with Crippen molar-refractivity contribution in [1.29, 1.82) is 0 Å². The molecule has 6 atom stereocenters. The second-order valence-corrected chi connectivity index (χ2v) is 8.81. The number of carbonyl (C=O) groups excluding carboxylic acids is 1. The number of aliphatic hydroxyl groups excluding tert-OH is 1. The molecule has 0 bridgehead atoms. The summed E-state index contributed by atoms with van der Waals surface area (Å²) in [7, 11) is 1.65. The highest BCUT2D eigenvalue weighted by Gasteiger charge is 2.69. The van der Waals surface area contributed by atoms with Gasteiger partial charge in [-0.25, -0.2) is 4.79 Å². The highest BCUT2D eigenvalue weighted by atomic mass is 16.6. The van der Waals surface area contributed by atoms with Gasteiger partial charge in [-0.15, -0.1) is 0 Å². The van der Waals surface area contributed by atoms with Crippen LogP contribution in [-0.4, -0.2) is 30.4 Å². The van der Waals surface area contributed by atoms with Gasteiger partial charge in [-0.3, -0.25) is 4.79 Å². The third-order valence-electron chi connectivity index (χ3n) is 6.82. The third-order valence-corrected chi connectivity index (χ3v) is 6.82. The molecule has 3 aliphatic rings. The van der Waals surface area contributed by atoms with Gasteiger partial charge >= 0.3 is 11.6 Å². The Morgan fingerprint density at radius 3 is 2.50 bits per heavy atom. The first-order valence-corrected chi connectivity index (χ1v) is 9.24. The first-order chi connectivity index (χ1) is 12.1. The molecule has 1 saturated heterocycles. The molecular formula is C20H26O6. The fourth-order valence-corrected chi connectivity index (χ4v) is 5.82. The molecular weight excluding hydrogens is 336 g/mol. The monoisotopic (exact) mass is 362 g/mol. The summed E-state index contributed by atoms with van der Waals surface area (Å²) in [4.78, 5) is 25.1. The first kappa shape index (κ1) is 17.7. The second kappa shape index (κ2) is 5.42. The maximum absolute atomic E-state index is 12.8. The molecule has 6 heteroatoms. The van der Waals surface area contributed by atoms with Gasteiger partial charge in [0.1, 0.15) is 18.0 Å². The summed E-state index contributed by atoms with van der Waals surface area (Å²) < 4.78 is 16.8. The molecule has 1 N–H and O–H groups in total. The minimum absolute atomic E-state index is 0.0715. The van der Waals surface area contributed by atoms with Gasteiger partial charge in [-0.1, -0.05) is 20.8 Å². The van der Waals surface area contributed by atoms with Crippen LogP contribution < -0.4 is 5.63 Å². The van der Waals surface area contributed by atoms with Gasteiger partial charge < -0.3 is 19.0 Å². The molecule has 2 heterocycles. The zero-order valence-corrected chi connectivity index (χ0v) is 15.9. The van der Waals surface area contributed by atoms with Gasteiger partial charge in [0.25, 0.3) is 0 Å².